The molecule has 0 bridgehead atoms. The zero-order valence-corrected chi connectivity index (χ0v) is 19.1. The van der Waals surface area contributed by atoms with E-state index in [4.69, 9.17) is 4.99 Å². The fraction of sp³-hybridized carbons (Fsp3) is 0.400. The molecule has 2 heterocycles. The van der Waals surface area contributed by atoms with Crippen molar-refractivity contribution < 1.29 is 0 Å². The normalized spacial score (nSPS) is 11.4. The van der Waals surface area contributed by atoms with Gasteiger partial charge in [-0.25, -0.2) is 4.98 Å². The van der Waals surface area contributed by atoms with Gasteiger partial charge in [0.25, 0.3) is 0 Å². The molecule has 2 aromatic heterocycles. The third-order valence-corrected chi connectivity index (χ3v) is 5.17. The summed E-state index contributed by atoms with van der Waals surface area (Å²) in [7, 11) is 0. The molecular formula is C20H28IN5S. The Bertz CT molecular complexity index is 855. The SMILES string of the molecule is CCNC(=NCCCc1c[nH]c2ccccc12)NCCc1ncc(C)s1.I. The van der Waals surface area contributed by atoms with E-state index in [-0.39, 0.29) is 24.0 Å². The lowest BCUT2D eigenvalue weighted by atomic mass is 10.1. The quantitative estimate of drug-likeness (QED) is 0.188. The number of aryl methyl sites for hydroxylation is 2. The Labute approximate surface area is 182 Å². The summed E-state index contributed by atoms with van der Waals surface area (Å²) in [6.07, 6.45) is 7.05. The lowest BCUT2D eigenvalue weighted by molar-refractivity contribution is 0.776. The standard InChI is InChI=1S/C20H27N5S.HI/c1-3-21-20(23-12-10-19-25-13-15(2)26-19)22-11-6-7-16-14-24-18-9-5-4-8-17(16)18;/h4-5,8-9,13-14,24H,3,6-7,10-12H2,1-2H3,(H2,21,22,23);1H. The van der Waals surface area contributed by atoms with Gasteiger partial charge in [0.05, 0.1) is 5.01 Å². The van der Waals surface area contributed by atoms with E-state index < -0.39 is 0 Å². The number of H-pyrrole nitrogens is 1. The number of benzene rings is 1. The number of hydrogen-bond acceptors (Lipinski definition) is 3. The molecule has 5 nitrogen and oxygen atoms in total. The second-order valence-corrected chi connectivity index (χ2v) is 7.58. The second kappa shape index (κ2) is 11.3. The molecule has 0 atom stereocenters. The summed E-state index contributed by atoms with van der Waals surface area (Å²) in [5.41, 5.74) is 2.58. The lowest BCUT2D eigenvalue weighted by Crippen LogP contribution is -2.38. The van der Waals surface area contributed by atoms with Crippen molar-refractivity contribution in [1.82, 2.24) is 20.6 Å². The van der Waals surface area contributed by atoms with Gasteiger partial charge < -0.3 is 15.6 Å². The van der Waals surface area contributed by atoms with Gasteiger partial charge in [-0.15, -0.1) is 35.3 Å². The molecule has 0 unspecified atom stereocenters. The van der Waals surface area contributed by atoms with Gasteiger partial charge in [-0.05, 0) is 38.3 Å². The number of guanidine groups is 1. The Morgan fingerprint density at radius 3 is 2.85 bits per heavy atom. The van der Waals surface area contributed by atoms with Gasteiger partial charge in [-0.1, -0.05) is 18.2 Å². The summed E-state index contributed by atoms with van der Waals surface area (Å²) < 4.78 is 0. The highest BCUT2D eigenvalue weighted by Gasteiger charge is 2.03. The second-order valence-electron chi connectivity index (χ2n) is 6.27. The van der Waals surface area contributed by atoms with Crippen LogP contribution in [0.3, 0.4) is 0 Å². The third-order valence-electron chi connectivity index (χ3n) is 4.19. The zero-order chi connectivity index (χ0) is 18.2. The van der Waals surface area contributed by atoms with Gasteiger partial charge in [-0.2, -0.15) is 0 Å². The van der Waals surface area contributed by atoms with Crippen molar-refractivity contribution in [3.8, 4) is 0 Å². The zero-order valence-electron chi connectivity index (χ0n) is 15.9. The van der Waals surface area contributed by atoms with Crippen LogP contribution in [0.1, 0.15) is 28.8 Å². The summed E-state index contributed by atoms with van der Waals surface area (Å²) in [4.78, 5) is 13.7. The summed E-state index contributed by atoms with van der Waals surface area (Å²) in [6, 6.07) is 8.45. The molecule has 146 valence electrons. The molecule has 0 saturated heterocycles. The predicted octanol–water partition coefficient (Wildman–Crippen LogP) is 4.28. The molecule has 0 aliphatic heterocycles. The highest BCUT2D eigenvalue weighted by Crippen LogP contribution is 2.18. The highest BCUT2D eigenvalue weighted by atomic mass is 127. The van der Waals surface area contributed by atoms with Crippen LogP contribution in [0.2, 0.25) is 0 Å². The highest BCUT2D eigenvalue weighted by molar-refractivity contribution is 14.0. The minimum absolute atomic E-state index is 0. The molecule has 3 aromatic rings. The Morgan fingerprint density at radius 1 is 1.22 bits per heavy atom. The molecular weight excluding hydrogens is 469 g/mol. The van der Waals surface area contributed by atoms with Crippen molar-refractivity contribution in [2.24, 2.45) is 4.99 Å². The first-order chi connectivity index (χ1) is 12.8. The van der Waals surface area contributed by atoms with Gasteiger partial charge in [0.1, 0.15) is 0 Å². The smallest absolute Gasteiger partial charge is 0.191 e. The molecule has 1 aromatic carbocycles. The Balaban J connectivity index is 0.00000261. The van der Waals surface area contributed by atoms with Gasteiger partial charge in [0, 0.05) is 54.2 Å². The van der Waals surface area contributed by atoms with Crippen molar-refractivity contribution in [2.75, 3.05) is 19.6 Å². The maximum absolute atomic E-state index is 4.70. The fourth-order valence-electron chi connectivity index (χ4n) is 2.95. The number of aromatic nitrogens is 2. The number of hydrogen-bond donors (Lipinski definition) is 3. The molecule has 0 fully saturated rings. The number of thiazole rings is 1. The summed E-state index contributed by atoms with van der Waals surface area (Å²) in [6.45, 7) is 6.71. The van der Waals surface area contributed by atoms with Crippen molar-refractivity contribution in [3.63, 3.8) is 0 Å². The topological polar surface area (TPSA) is 65.1 Å². The Hall–Kier alpha value is -1.61. The average molecular weight is 497 g/mol. The van der Waals surface area contributed by atoms with Gasteiger partial charge in [-0.3, -0.25) is 4.99 Å². The molecule has 0 spiro atoms. The van der Waals surface area contributed by atoms with Gasteiger partial charge in [0.2, 0.25) is 0 Å². The van der Waals surface area contributed by atoms with E-state index >= 15 is 0 Å². The number of rotatable bonds is 8. The molecule has 0 radical (unpaired) electrons. The summed E-state index contributed by atoms with van der Waals surface area (Å²) in [5, 5.41) is 9.21. The predicted molar refractivity (Wildman–Crippen MR) is 127 cm³/mol. The number of nitrogens with zero attached hydrogens (tertiary/aromatic N) is 2. The average Bonchev–Trinajstić information content (AvgIpc) is 3.25. The van der Waals surface area contributed by atoms with Crippen LogP contribution in [0.15, 0.2) is 41.7 Å². The third kappa shape index (κ3) is 6.49. The van der Waals surface area contributed by atoms with Crippen LogP contribution in [0.25, 0.3) is 10.9 Å². The van der Waals surface area contributed by atoms with Crippen molar-refractivity contribution in [3.05, 3.63) is 52.1 Å². The number of nitrogens with one attached hydrogen (secondary N) is 3. The number of aromatic amines is 1. The molecule has 3 N–H and O–H groups in total. The van der Waals surface area contributed by atoms with E-state index in [1.165, 1.54) is 26.4 Å². The van der Waals surface area contributed by atoms with Crippen molar-refractivity contribution in [1.29, 1.82) is 0 Å². The number of fused-ring (bicyclic) bond motifs is 1. The largest absolute Gasteiger partial charge is 0.361 e. The van der Waals surface area contributed by atoms with Crippen LogP contribution in [0.5, 0.6) is 0 Å². The monoisotopic (exact) mass is 497 g/mol. The molecule has 3 rings (SSSR count). The van der Waals surface area contributed by atoms with Gasteiger partial charge >= 0.3 is 0 Å². The molecule has 27 heavy (non-hydrogen) atoms. The van der Waals surface area contributed by atoms with Gasteiger partial charge in [0.15, 0.2) is 5.96 Å². The fourth-order valence-corrected chi connectivity index (χ4v) is 3.73. The minimum atomic E-state index is 0. The first kappa shape index (κ1) is 21.7. The Morgan fingerprint density at radius 2 is 2.07 bits per heavy atom. The van der Waals surface area contributed by atoms with Crippen LogP contribution in [-0.4, -0.2) is 35.6 Å². The molecule has 0 amide bonds. The van der Waals surface area contributed by atoms with Crippen LogP contribution < -0.4 is 10.6 Å². The maximum Gasteiger partial charge on any atom is 0.191 e. The molecule has 0 saturated carbocycles. The first-order valence-corrected chi connectivity index (χ1v) is 10.1. The minimum Gasteiger partial charge on any atom is -0.361 e. The number of para-hydroxylation sites is 1. The van der Waals surface area contributed by atoms with Crippen molar-refractivity contribution >= 4 is 52.2 Å². The van der Waals surface area contributed by atoms with Crippen LogP contribution >= 0.6 is 35.3 Å². The van der Waals surface area contributed by atoms with E-state index in [1.54, 1.807) is 11.3 Å². The van der Waals surface area contributed by atoms with Crippen LogP contribution in [0.4, 0.5) is 0 Å². The van der Waals surface area contributed by atoms with Crippen molar-refractivity contribution in [2.45, 2.75) is 33.1 Å². The van der Waals surface area contributed by atoms with E-state index in [2.05, 4.69) is 64.9 Å². The number of halogens is 1. The van der Waals surface area contributed by atoms with E-state index in [9.17, 15) is 0 Å². The van der Waals surface area contributed by atoms with E-state index in [1.807, 2.05) is 6.20 Å². The summed E-state index contributed by atoms with van der Waals surface area (Å²) in [5.74, 6) is 0.889. The summed E-state index contributed by atoms with van der Waals surface area (Å²) >= 11 is 1.76. The molecule has 7 heteroatoms. The first-order valence-electron chi connectivity index (χ1n) is 9.24. The number of aliphatic imine (C=N–C) groups is 1. The lowest BCUT2D eigenvalue weighted by Gasteiger charge is -2.10. The molecule has 0 aliphatic carbocycles. The Kier molecular flexibility index (Phi) is 9.06. The van der Waals surface area contributed by atoms with E-state index in [0.717, 1.165) is 44.9 Å². The van der Waals surface area contributed by atoms with E-state index in [0.29, 0.717) is 0 Å². The van der Waals surface area contributed by atoms with Crippen LogP contribution in [-0.2, 0) is 12.8 Å². The molecule has 0 aliphatic rings. The van der Waals surface area contributed by atoms with Crippen LogP contribution in [0, 0.1) is 6.92 Å². The maximum atomic E-state index is 4.70.